The molecule has 92 valence electrons. The van der Waals surface area contributed by atoms with Crippen molar-refractivity contribution in [3.8, 4) is 0 Å². The molecule has 0 aliphatic carbocycles. The summed E-state index contributed by atoms with van der Waals surface area (Å²) in [6.07, 6.45) is 1.59. The first-order valence-corrected chi connectivity index (χ1v) is 5.76. The predicted octanol–water partition coefficient (Wildman–Crippen LogP) is 1.23. The Morgan fingerprint density at radius 1 is 1.12 bits per heavy atom. The molecule has 4 nitrogen and oxygen atoms in total. The number of cyclic esters (lactones) is 1. The van der Waals surface area contributed by atoms with Crippen molar-refractivity contribution in [2.24, 2.45) is 0 Å². The lowest BCUT2D eigenvalue weighted by Gasteiger charge is -2.25. The molecule has 0 bridgehead atoms. The third kappa shape index (κ3) is 2.65. The van der Waals surface area contributed by atoms with Gasteiger partial charge in [-0.15, -0.1) is 0 Å². The van der Waals surface area contributed by atoms with Gasteiger partial charge in [-0.05, 0) is 18.4 Å². The van der Waals surface area contributed by atoms with Gasteiger partial charge in [-0.2, -0.15) is 0 Å². The normalized spacial score (nSPS) is 26.5. The average molecular weight is 236 g/mol. The highest BCUT2D eigenvalue weighted by Gasteiger charge is 2.40. The summed E-state index contributed by atoms with van der Waals surface area (Å²) < 4.78 is 10.4. The topological polar surface area (TPSA) is 55.8 Å². The van der Waals surface area contributed by atoms with E-state index in [2.05, 4.69) is 0 Å². The van der Waals surface area contributed by atoms with Crippen LogP contribution in [0.3, 0.4) is 0 Å². The van der Waals surface area contributed by atoms with Crippen LogP contribution in [-0.2, 0) is 19.9 Å². The fourth-order valence-corrected chi connectivity index (χ4v) is 1.78. The van der Waals surface area contributed by atoms with Crippen molar-refractivity contribution in [3.63, 3.8) is 0 Å². The number of aliphatic hydroxyl groups is 1. The van der Waals surface area contributed by atoms with Crippen molar-refractivity contribution < 1.29 is 19.4 Å². The van der Waals surface area contributed by atoms with Gasteiger partial charge in [-0.3, -0.25) is 0 Å². The first-order valence-electron chi connectivity index (χ1n) is 5.76. The first kappa shape index (κ1) is 12.1. The van der Waals surface area contributed by atoms with E-state index in [0.29, 0.717) is 18.8 Å². The van der Waals surface area contributed by atoms with Gasteiger partial charge in [-0.1, -0.05) is 30.3 Å². The van der Waals surface area contributed by atoms with E-state index in [9.17, 15) is 9.90 Å². The van der Waals surface area contributed by atoms with Gasteiger partial charge in [0.1, 0.15) is 0 Å². The van der Waals surface area contributed by atoms with Crippen LogP contribution in [0.25, 0.3) is 0 Å². The van der Waals surface area contributed by atoms with Gasteiger partial charge < -0.3 is 14.6 Å². The van der Waals surface area contributed by atoms with Gasteiger partial charge in [0, 0.05) is 6.61 Å². The van der Waals surface area contributed by atoms with Crippen LogP contribution in [0.5, 0.6) is 0 Å². The number of esters is 1. The molecule has 1 unspecified atom stereocenters. The Morgan fingerprint density at radius 3 is 2.59 bits per heavy atom. The molecule has 2 rings (SSSR count). The molecular formula is C13H16O4. The Labute approximate surface area is 100 Å². The Morgan fingerprint density at radius 2 is 1.82 bits per heavy atom. The van der Waals surface area contributed by atoms with Crippen molar-refractivity contribution in [2.45, 2.75) is 18.4 Å². The number of rotatable bonds is 1. The quantitative estimate of drug-likeness (QED) is 0.745. The molecule has 0 amide bonds. The maximum atomic E-state index is 11.9. The molecule has 1 heterocycles. The number of benzene rings is 1. The van der Waals surface area contributed by atoms with Crippen molar-refractivity contribution in [2.75, 3.05) is 19.8 Å². The Kier molecular flexibility index (Phi) is 3.76. The average Bonchev–Trinajstić information content (AvgIpc) is 2.45. The Hall–Kier alpha value is -1.39. The summed E-state index contributed by atoms with van der Waals surface area (Å²) in [6, 6.07) is 8.76. The number of hydrogen-bond donors (Lipinski definition) is 1. The molecule has 0 spiro atoms. The molecule has 17 heavy (non-hydrogen) atoms. The smallest absolute Gasteiger partial charge is 0.345 e. The molecule has 4 heteroatoms. The SMILES string of the molecule is O=C1OCCCCOCC1(O)c1ccccc1. The van der Waals surface area contributed by atoms with Crippen LogP contribution in [0, 0.1) is 0 Å². The Bertz CT molecular complexity index is 376. The molecule has 1 aliphatic heterocycles. The van der Waals surface area contributed by atoms with E-state index in [0.717, 1.165) is 12.8 Å². The molecule has 1 atom stereocenters. The van der Waals surface area contributed by atoms with Gasteiger partial charge >= 0.3 is 5.97 Å². The molecule has 1 aliphatic rings. The molecule has 0 radical (unpaired) electrons. The van der Waals surface area contributed by atoms with Crippen LogP contribution in [0.1, 0.15) is 18.4 Å². The van der Waals surface area contributed by atoms with Crippen LogP contribution in [-0.4, -0.2) is 30.9 Å². The van der Waals surface area contributed by atoms with Crippen molar-refractivity contribution >= 4 is 5.97 Å². The van der Waals surface area contributed by atoms with Gasteiger partial charge in [-0.25, -0.2) is 4.79 Å². The highest BCUT2D eigenvalue weighted by atomic mass is 16.6. The molecule has 1 saturated heterocycles. The highest BCUT2D eigenvalue weighted by molar-refractivity contribution is 5.81. The Balaban J connectivity index is 2.26. The van der Waals surface area contributed by atoms with E-state index in [4.69, 9.17) is 9.47 Å². The van der Waals surface area contributed by atoms with Crippen LogP contribution >= 0.6 is 0 Å². The highest BCUT2D eigenvalue weighted by Crippen LogP contribution is 2.24. The van der Waals surface area contributed by atoms with Crippen molar-refractivity contribution in [1.29, 1.82) is 0 Å². The molecule has 1 fully saturated rings. The fourth-order valence-electron chi connectivity index (χ4n) is 1.78. The number of ether oxygens (including phenoxy) is 2. The standard InChI is InChI=1S/C13H16O4/c14-12-13(15,11-6-2-1-3-7-11)10-16-8-4-5-9-17-12/h1-3,6-7,15H,4-5,8-10H2. The molecular weight excluding hydrogens is 220 g/mol. The summed E-state index contributed by atoms with van der Waals surface area (Å²) in [5.74, 6) is -0.634. The molecule has 0 saturated carbocycles. The number of hydrogen-bond acceptors (Lipinski definition) is 4. The zero-order chi connectivity index (χ0) is 12.1. The lowest BCUT2D eigenvalue weighted by molar-refractivity contribution is -0.172. The van der Waals surface area contributed by atoms with E-state index in [1.165, 1.54) is 0 Å². The third-order valence-corrected chi connectivity index (χ3v) is 2.82. The van der Waals surface area contributed by atoms with Crippen LogP contribution < -0.4 is 0 Å². The lowest BCUT2D eigenvalue weighted by Crippen LogP contribution is -2.41. The van der Waals surface area contributed by atoms with Crippen LogP contribution in [0.15, 0.2) is 30.3 Å². The third-order valence-electron chi connectivity index (χ3n) is 2.82. The maximum absolute atomic E-state index is 11.9. The van der Waals surface area contributed by atoms with E-state index >= 15 is 0 Å². The van der Waals surface area contributed by atoms with Crippen LogP contribution in [0.4, 0.5) is 0 Å². The van der Waals surface area contributed by atoms with Crippen LogP contribution in [0.2, 0.25) is 0 Å². The van der Waals surface area contributed by atoms with E-state index in [1.54, 1.807) is 24.3 Å². The van der Waals surface area contributed by atoms with Gasteiger partial charge in [0.05, 0.1) is 13.2 Å². The summed E-state index contributed by atoms with van der Waals surface area (Å²) in [5.41, 5.74) is -1.18. The second kappa shape index (κ2) is 5.29. The second-order valence-electron chi connectivity index (χ2n) is 4.12. The first-order chi connectivity index (χ1) is 8.23. The molecule has 1 aromatic rings. The number of carbonyl (C=O) groups is 1. The van der Waals surface area contributed by atoms with E-state index < -0.39 is 11.6 Å². The fraction of sp³-hybridized carbons (Fsp3) is 0.462. The van der Waals surface area contributed by atoms with Gasteiger partial charge in [0.2, 0.25) is 5.60 Å². The minimum Gasteiger partial charge on any atom is -0.463 e. The van der Waals surface area contributed by atoms with E-state index in [1.807, 2.05) is 6.07 Å². The number of carbonyl (C=O) groups excluding carboxylic acids is 1. The zero-order valence-electron chi connectivity index (χ0n) is 9.59. The summed E-state index contributed by atoms with van der Waals surface area (Å²) >= 11 is 0. The van der Waals surface area contributed by atoms with Gasteiger partial charge in [0.25, 0.3) is 0 Å². The summed E-state index contributed by atoms with van der Waals surface area (Å²) in [6.45, 7) is 0.805. The lowest BCUT2D eigenvalue weighted by atomic mass is 9.95. The molecule has 1 N–H and O–H groups in total. The summed E-state index contributed by atoms with van der Waals surface area (Å²) in [4.78, 5) is 11.9. The maximum Gasteiger partial charge on any atom is 0.345 e. The van der Waals surface area contributed by atoms with Crippen molar-refractivity contribution in [1.82, 2.24) is 0 Å². The zero-order valence-corrected chi connectivity index (χ0v) is 9.59. The monoisotopic (exact) mass is 236 g/mol. The van der Waals surface area contributed by atoms with Gasteiger partial charge in [0.15, 0.2) is 0 Å². The van der Waals surface area contributed by atoms with E-state index in [-0.39, 0.29) is 6.61 Å². The molecule has 0 aromatic heterocycles. The summed E-state index contributed by atoms with van der Waals surface area (Å²) in [5, 5.41) is 10.4. The predicted molar refractivity (Wildman–Crippen MR) is 61.4 cm³/mol. The summed E-state index contributed by atoms with van der Waals surface area (Å²) in [7, 11) is 0. The second-order valence-corrected chi connectivity index (χ2v) is 4.12. The molecule has 1 aromatic carbocycles. The largest absolute Gasteiger partial charge is 0.463 e. The van der Waals surface area contributed by atoms with Crippen molar-refractivity contribution in [3.05, 3.63) is 35.9 Å². The minimum absolute atomic E-state index is 0.0597. The minimum atomic E-state index is -1.69.